The van der Waals surface area contributed by atoms with Gasteiger partial charge < -0.3 is 59.6 Å². The van der Waals surface area contributed by atoms with Crippen molar-refractivity contribution in [2.24, 2.45) is 5.92 Å². The van der Waals surface area contributed by atoms with Crippen molar-refractivity contribution in [1.82, 2.24) is 0 Å². The van der Waals surface area contributed by atoms with Crippen molar-refractivity contribution in [3.8, 4) is 0 Å². The van der Waals surface area contributed by atoms with Gasteiger partial charge in [-0.25, -0.2) is 0 Å². The molecule has 0 aromatic heterocycles. The van der Waals surface area contributed by atoms with Crippen LogP contribution in [0.3, 0.4) is 0 Å². The lowest BCUT2D eigenvalue weighted by Gasteiger charge is -2.63. The third-order valence-electron chi connectivity index (χ3n) is 13.9. The summed E-state index contributed by atoms with van der Waals surface area (Å²) in [6.07, 6.45) is 0.176. The quantitative estimate of drug-likeness (QED) is 0.193. The van der Waals surface area contributed by atoms with Crippen molar-refractivity contribution < 1.29 is 59.6 Å². The Morgan fingerprint density at radius 1 is 0.292 bits per heavy atom. The second-order valence-corrected chi connectivity index (χ2v) is 42.2. The van der Waals surface area contributed by atoms with Gasteiger partial charge >= 0.3 is 70.4 Å². The van der Waals surface area contributed by atoms with Crippen molar-refractivity contribution in [3.63, 3.8) is 0 Å². The van der Waals surface area contributed by atoms with Crippen LogP contribution in [-0.4, -0.2) is 92.9 Å². The summed E-state index contributed by atoms with van der Waals surface area (Å²) < 4.78 is 97.6. The summed E-state index contributed by atoms with van der Waals surface area (Å²) in [5.74, 6) is -0.0580. The molecule has 6 aliphatic heterocycles. The normalized spacial score (nSPS) is 36.9. The van der Waals surface area contributed by atoms with Gasteiger partial charge in [0, 0.05) is 42.4 Å². The van der Waals surface area contributed by atoms with E-state index >= 15 is 0 Å². The topological polar surface area (TPSA) is 151 Å². The van der Waals surface area contributed by atoms with Crippen molar-refractivity contribution in [1.29, 1.82) is 0 Å². The molecule has 7 aliphatic rings. The molecule has 72 heavy (non-hydrogen) atoms. The van der Waals surface area contributed by atoms with Gasteiger partial charge in [-0.1, -0.05) is 212 Å². The predicted octanol–water partition coefficient (Wildman–Crippen LogP) is 3.03. The van der Waals surface area contributed by atoms with Crippen molar-refractivity contribution in [2.75, 3.05) is 0 Å². The molecule has 6 saturated heterocycles. The second-order valence-electron chi connectivity index (χ2n) is 18.7. The summed E-state index contributed by atoms with van der Waals surface area (Å²) in [7, 11) is -37.9. The van der Waals surface area contributed by atoms with E-state index in [4.69, 9.17) is 49.4 Å². The summed E-state index contributed by atoms with van der Waals surface area (Å²) in [6, 6.07) is 67.2. The Morgan fingerprint density at radius 3 is 0.736 bits per heavy atom. The van der Waals surface area contributed by atoms with Gasteiger partial charge in [-0.3, -0.25) is 0 Å². The van der Waals surface area contributed by atoms with E-state index in [-0.39, 0.29) is 12.0 Å². The molecular weight excluding hydrogens is 1050 g/mol. The molecule has 8 bridgehead atoms. The summed E-state index contributed by atoms with van der Waals surface area (Å²) in [6.45, 7) is 0. The van der Waals surface area contributed by atoms with Gasteiger partial charge in [0.15, 0.2) is 0 Å². The van der Waals surface area contributed by atoms with E-state index in [0.717, 1.165) is 0 Å². The van der Waals surface area contributed by atoms with Gasteiger partial charge in [0.2, 0.25) is 0 Å². The Hall–Kier alpha value is -4.28. The molecule has 14 rings (SSSR count). The monoisotopic (exact) mass is 1100 g/mol. The minimum atomic E-state index is -4.77. The van der Waals surface area contributed by atoms with E-state index in [0.29, 0.717) is 62.0 Å². The number of rotatable bonds is 10. The Kier molecular flexibility index (Phi) is 12.0. The summed E-state index contributed by atoms with van der Waals surface area (Å²) in [5.41, 5.74) is 0. The van der Waals surface area contributed by atoms with Crippen LogP contribution in [0, 0.1) is 5.92 Å². The fraction of sp³-hybridized carbons (Fsp3) is 0.160. The largest absolute Gasteiger partial charge is 0.515 e. The highest BCUT2D eigenvalue weighted by molar-refractivity contribution is 7.13. The zero-order chi connectivity index (χ0) is 48.5. The number of hydrogen-bond acceptors (Lipinski definition) is 14. The maximum absolute atomic E-state index is 11.1. The van der Waals surface area contributed by atoms with Crippen LogP contribution in [0.15, 0.2) is 212 Å². The van der Waals surface area contributed by atoms with Crippen LogP contribution in [0.5, 0.6) is 0 Å². The molecular formula is C50H50O14Si8. The molecule has 14 nitrogen and oxygen atoms in total. The lowest BCUT2D eigenvalue weighted by Crippen LogP contribution is -2.95. The van der Waals surface area contributed by atoms with Gasteiger partial charge in [0.25, 0.3) is 0 Å². The molecule has 366 valence electrons. The first-order valence-electron chi connectivity index (χ1n) is 24.3. The first-order valence-corrected chi connectivity index (χ1v) is 38.3. The number of benzene rings is 7. The molecule has 3 atom stereocenters. The van der Waals surface area contributed by atoms with Gasteiger partial charge in [0.05, 0.1) is 12.2 Å². The van der Waals surface area contributed by atoms with Crippen molar-refractivity contribution >= 4 is 107 Å². The smallest absolute Gasteiger partial charge is 0.390 e. The number of aliphatic hydroxyl groups excluding tert-OH is 2. The average molecular weight is 1100 g/mol. The molecule has 2 N–H and O–H groups in total. The molecule has 7 aromatic carbocycles. The molecule has 1 saturated carbocycles. The predicted molar refractivity (Wildman–Crippen MR) is 280 cm³/mol. The lowest BCUT2D eigenvalue weighted by molar-refractivity contribution is -0.0274. The summed E-state index contributed by atoms with van der Waals surface area (Å²) in [5, 5.41) is 25.7. The highest BCUT2D eigenvalue weighted by atomic mass is 28.6. The van der Waals surface area contributed by atoms with Crippen LogP contribution in [0.2, 0.25) is 6.04 Å². The highest BCUT2D eigenvalue weighted by Crippen LogP contribution is 2.50. The third-order valence-corrected chi connectivity index (χ3v) is 48.4. The maximum atomic E-state index is 11.1. The van der Waals surface area contributed by atoms with E-state index in [1.165, 1.54) is 0 Å². The van der Waals surface area contributed by atoms with Crippen LogP contribution in [0.1, 0.15) is 25.7 Å². The van der Waals surface area contributed by atoms with Gasteiger partial charge in [0.1, 0.15) is 0 Å². The van der Waals surface area contributed by atoms with Gasteiger partial charge in [-0.05, 0) is 31.6 Å². The SMILES string of the molecule is OC1CCC(CC[Si]23O[Si]4(c5ccccc5)O[Si]5(c6ccccc6)O[Si](c6ccccc6)(O2)O[Si]2(c6ccccc6)O[Si](c6ccccc6)(O3)O[Si](c3ccccc3)(O4)O[Si](c3ccccc3)(O5)O2)CC1O. The first-order chi connectivity index (χ1) is 35.1. The average Bonchev–Trinajstić information content (AvgIpc) is 3.40. The molecule has 7 aromatic rings. The molecule has 7 fully saturated rings. The van der Waals surface area contributed by atoms with Crippen molar-refractivity contribution in [3.05, 3.63) is 212 Å². The zero-order valence-corrected chi connectivity index (χ0v) is 46.8. The lowest BCUT2D eigenvalue weighted by atomic mass is 9.84. The Morgan fingerprint density at radius 2 is 0.514 bits per heavy atom. The summed E-state index contributed by atoms with van der Waals surface area (Å²) >= 11 is 0. The standard InChI is InChI=1S/C50H50O14Si8/c51-49-37-36-41(40-50(49)52)38-39-65-53-66(42-22-8-1-9-23-42)56-69(45-28-14-4-15-29-45)58-67(54-65,43-24-10-2-11-25-43)60-71(47-32-18-6-19-33-47)61-68(55-65,44-26-12-3-13-27-44)59-70(57-66,46-30-16-5-17-31-46)63-72(62-69,64-71)48-34-20-7-21-35-48/h1-35,41,49-52H,36-40H2. The van der Waals surface area contributed by atoms with Crippen molar-refractivity contribution in [2.45, 2.75) is 43.9 Å². The Bertz CT molecular complexity index is 2730. The van der Waals surface area contributed by atoms with E-state index in [9.17, 15) is 10.2 Å². The third kappa shape index (κ3) is 8.07. The van der Waals surface area contributed by atoms with Crippen LogP contribution >= 0.6 is 0 Å². The number of aliphatic hydroxyl groups is 2. The Balaban J connectivity index is 1.19. The van der Waals surface area contributed by atoms with E-state index in [1.807, 2.05) is 212 Å². The summed E-state index contributed by atoms with van der Waals surface area (Å²) in [4.78, 5) is 0. The molecule has 1 aliphatic carbocycles. The fourth-order valence-electron chi connectivity index (χ4n) is 10.5. The minimum Gasteiger partial charge on any atom is -0.390 e. The second kappa shape index (κ2) is 18.2. The van der Waals surface area contributed by atoms with Gasteiger partial charge in [-0.2, -0.15) is 0 Å². The fourth-order valence-corrected chi connectivity index (χ4v) is 57.2. The van der Waals surface area contributed by atoms with Gasteiger partial charge in [-0.15, -0.1) is 0 Å². The van der Waals surface area contributed by atoms with Crippen LogP contribution in [0.4, 0.5) is 0 Å². The van der Waals surface area contributed by atoms with Crippen LogP contribution in [-0.2, 0) is 49.4 Å². The Labute approximate surface area is 426 Å². The minimum absolute atomic E-state index is 0.0580. The maximum Gasteiger partial charge on any atom is 0.515 e. The van der Waals surface area contributed by atoms with Crippen LogP contribution in [0.25, 0.3) is 0 Å². The van der Waals surface area contributed by atoms with E-state index < -0.39 is 82.6 Å². The van der Waals surface area contributed by atoms with E-state index in [2.05, 4.69) is 0 Å². The highest BCUT2D eigenvalue weighted by Gasteiger charge is 2.86. The molecule has 0 radical (unpaired) electrons. The zero-order valence-electron chi connectivity index (χ0n) is 38.8. The molecule has 0 spiro atoms. The number of hydrogen-bond donors (Lipinski definition) is 2. The first kappa shape index (κ1) is 47.4. The molecule has 22 heteroatoms. The molecule has 0 amide bonds. The molecule has 6 heterocycles. The van der Waals surface area contributed by atoms with E-state index in [1.54, 1.807) is 0 Å². The van der Waals surface area contributed by atoms with Crippen LogP contribution < -0.4 is 36.3 Å². The molecule has 3 unspecified atom stereocenters.